The first kappa shape index (κ1) is 20.6. The maximum Gasteiger partial charge on any atom is 0.222 e. The van der Waals surface area contributed by atoms with Crippen LogP contribution < -0.4 is 10.6 Å². The molecule has 154 valence electrons. The normalized spacial score (nSPS) is 19.3. The monoisotopic (exact) mass is 388 g/mol. The molecule has 1 amide bonds. The van der Waals surface area contributed by atoms with E-state index in [1.54, 1.807) is 12.1 Å². The number of guanidine groups is 1. The zero-order valence-electron chi connectivity index (χ0n) is 17.0. The summed E-state index contributed by atoms with van der Waals surface area (Å²) >= 11 is 0. The Kier molecular flexibility index (Phi) is 7.29. The summed E-state index contributed by atoms with van der Waals surface area (Å²) in [5.41, 5.74) is 1.04. The number of hydrogen-bond acceptors (Lipinski definition) is 2. The number of amides is 1. The van der Waals surface area contributed by atoms with Crippen LogP contribution in [0.25, 0.3) is 0 Å². The summed E-state index contributed by atoms with van der Waals surface area (Å²) in [7, 11) is 0. The summed E-state index contributed by atoms with van der Waals surface area (Å²) in [5, 5.41) is 6.67. The lowest BCUT2D eigenvalue weighted by Gasteiger charge is -2.21. The molecule has 0 atom stereocenters. The Morgan fingerprint density at radius 3 is 2.86 bits per heavy atom. The van der Waals surface area contributed by atoms with Crippen LogP contribution in [0.5, 0.6) is 0 Å². The molecule has 0 bridgehead atoms. The average molecular weight is 389 g/mol. The Morgan fingerprint density at radius 1 is 1.25 bits per heavy atom. The molecule has 3 rings (SSSR count). The second-order valence-electron chi connectivity index (χ2n) is 7.96. The first-order valence-corrected chi connectivity index (χ1v) is 10.7. The largest absolute Gasteiger partial charge is 0.357 e. The standard InChI is InChI=1S/C22H33FN4O/c1-2-24-21(25-13-7-15-27-14-5-3-4-10-20(27)28)26-17-22(11-12-22)18-8-6-9-19(23)16-18/h6,8-9,16H,2-5,7,10-15,17H2,1H3,(H2,24,25,26). The Hall–Kier alpha value is -2.11. The van der Waals surface area contributed by atoms with E-state index < -0.39 is 0 Å². The van der Waals surface area contributed by atoms with E-state index in [9.17, 15) is 9.18 Å². The van der Waals surface area contributed by atoms with E-state index in [1.807, 2.05) is 17.9 Å². The summed E-state index contributed by atoms with van der Waals surface area (Å²) < 4.78 is 13.6. The van der Waals surface area contributed by atoms with Crippen molar-refractivity contribution in [1.82, 2.24) is 15.5 Å². The Morgan fingerprint density at radius 2 is 2.11 bits per heavy atom. The fourth-order valence-corrected chi connectivity index (χ4v) is 3.83. The molecule has 5 nitrogen and oxygen atoms in total. The van der Waals surface area contributed by atoms with Gasteiger partial charge in [-0.25, -0.2) is 4.39 Å². The molecule has 28 heavy (non-hydrogen) atoms. The predicted molar refractivity (Wildman–Crippen MR) is 111 cm³/mol. The first-order valence-electron chi connectivity index (χ1n) is 10.7. The molecule has 1 saturated heterocycles. The SMILES string of the molecule is CCNC(=NCC1(c2cccc(F)c2)CC1)NCCCN1CCCCCC1=O. The van der Waals surface area contributed by atoms with E-state index in [2.05, 4.69) is 10.6 Å². The van der Waals surface area contributed by atoms with E-state index in [1.165, 1.54) is 6.07 Å². The lowest BCUT2D eigenvalue weighted by atomic mass is 9.96. The van der Waals surface area contributed by atoms with Gasteiger partial charge < -0.3 is 15.5 Å². The van der Waals surface area contributed by atoms with Crippen molar-refractivity contribution in [3.05, 3.63) is 35.6 Å². The van der Waals surface area contributed by atoms with Crippen LogP contribution in [0.4, 0.5) is 4.39 Å². The highest BCUT2D eigenvalue weighted by Gasteiger charge is 2.44. The number of hydrogen-bond donors (Lipinski definition) is 2. The molecular weight excluding hydrogens is 355 g/mol. The van der Waals surface area contributed by atoms with Gasteiger partial charge in [-0.05, 0) is 56.7 Å². The second-order valence-corrected chi connectivity index (χ2v) is 7.96. The Labute approximate surface area is 167 Å². The van der Waals surface area contributed by atoms with E-state index in [0.29, 0.717) is 18.9 Å². The molecule has 2 N–H and O–H groups in total. The number of nitrogens with one attached hydrogen (secondary N) is 2. The highest BCUT2D eigenvalue weighted by Crippen LogP contribution is 2.48. The number of benzene rings is 1. The maximum absolute atomic E-state index is 13.6. The average Bonchev–Trinajstić information content (AvgIpc) is 3.50. The zero-order valence-corrected chi connectivity index (χ0v) is 17.0. The van der Waals surface area contributed by atoms with Crippen LogP contribution in [0, 0.1) is 5.82 Å². The molecule has 0 aromatic heterocycles. The molecule has 6 heteroatoms. The lowest BCUT2D eigenvalue weighted by molar-refractivity contribution is -0.130. The van der Waals surface area contributed by atoms with Gasteiger partial charge in [-0.15, -0.1) is 0 Å². The number of nitrogens with zero attached hydrogens (tertiary/aromatic N) is 2. The number of rotatable bonds is 8. The van der Waals surface area contributed by atoms with Crippen LogP contribution in [-0.2, 0) is 10.2 Å². The summed E-state index contributed by atoms with van der Waals surface area (Å²) in [6.45, 7) is 5.98. The summed E-state index contributed by atoms with van der Waals surface area (Å²) in [6, 6.07) is 6.91. The number of carbonyl (C=O) groups excluding carboxylic acids is 1. The van der Waals surface area contributed by atoms with Gasteiger partial charge >= 0.3 is 0 Å². The predicted octanol–water partition coefficient (Wildman–Crippen LogP) is 3.21. The van der Waals surface area contributed by atoms with Gasteiger partial charge in [0.05, 0.1) is 6.54 Å². The van der Waals surface area contributed by atoms with Crippen LogP contribution in [0.1, 0.15) is 57.4 Å². The minimum absolute atomic E-state index is 0.0110. The Bertz CT molecular complexity index is 687. The molecule has 1 aromatic rings. The van der Waals surface area contributed by atoms with Gasteiger partial charge in [-0.3, -0.25) is 9.79 Å². The summed E-state index contributed by atoms with van der Waals surface area (Å²) in [6.07, 6.45) is 7.01. The third kappa shape index (κ3) is 5.69. The van der Waals surface area contributed by atoms with Crippen LogP contribution in [0.15, 0.2) is 29.3 Å². The van der Waals surface area contributed by atoms with Crippen molar-refractivity contribution < 1.29 is 9.18 Å². The van der Waals surface area contributed by atoms with Gasteiger partial charge in [0, 0.05) is 38.0 Å². The van der Waals surface area contributed by atoms with Crippen molar-refractivity contribution in [2.24, 2.45) is 4.99 Å². The highest BCUT2D eigenvalue weighted by molar-refractivity contribution is 5.80. The fourth-order valence-electron chi connectivity index (χ4n) is 3.83. The zero-order chi connectivity index (χ0) is 19.8. The molecule has 0 radical (unpaired) electrons. The number of likely N-dealkylation sites (tertiary alicyclic amines) is 1. The molecule has 1 aliphatic carbocycles. The quantitative estimate of drug-likeness (QED) is 0.408. The highest BCUT2D eigenvalue weighted by atomic mass is 19.1. The second kappa shape index (κ2) is 9.89. The van der Waals surface area contributed by atoms with Crippen molar-refractivity contribution in [2.45, 2.75) is 57.3 Å². The third-order valence-electron chi connectivity index (χ3n) is 5.74. The third-order valence-corrected chi connectivity index (χ3v) is 5.74. The van der Waals surface area contributed by atoms with Gasteiger partial charge in [-0.2, -0.15) is 0 Å². The Balaban J connectivity index is 1.48. The molecular formula is C22H33FN4O. The van der Waals surface area contributed by atoms with E-state index in [-0.39, 0.29) is 11.2 Å². The lowest BCUT2D eigenvalue weighted by Crippen LogP contribution is -2.40. The topological polar surface area (TPSA) is 56.7 Å². The fraction of sp³-hybridized carbons (Fsp3) is 0.636. The molecule has 2 fully saturated rings. The maximum atomic E-state index is 13.6. The van der Waals surface area contributed by atoms with Gasteiger partial charge in [0.1, 0.15) is 5.82 Å². The number of aliphatic imine (C=N–C) groups is 1. The first-order chi connectivity index (χ1) is 13.6. The van der Waals surface area contributed by atoms with Crippen molar-refractivity contribution in [3.8, 4) is 0 Å². The van der Waals surface area contributed by atoms with Gasteiger partial charge in [-0.1, -0.05) is 18.6 Å². The molecule has 1 aliphatic heterocycles. The molecule has 1 heterocycles. The molecule has 1 saturated carbocycles. The molecule has 0 unspecified atom stereocenters. The number of halogens is 1. The molecule has 0 spiro atoms. The molecule has 1 aromatic carbocycles. The minimum atomic E-state index is -0.180. The van der Waals surface area contributed by atoms with Crippen LogP contribution in [-0.4, -0.2) is 49.5 Å². The smallest absolute Gasteiger partial charge is 0.222 e. The summed E-state index contributed by atoms with van der Waals surface area (Å²) in [5.74, 6) is 0.914. The van der Waals surface area contributed by atoms with Crippen molar-refractivity contribution in [3.63, 3.8) is 0 Å². The van der Waals surface area contributed by atoms with Crippen LogP contribution in [0.2, 0.25) is 0 Å². The van der Waals surface area contributed by atoms with E-state index >= 15 is 0 Å². The van der Waals surface area contributed by atoms with Crippen LogP contribution >= 0.6 is 0 Å². The summed E-state index contributed by atoms with van der Waals surface area (Å²) in [4.78, 5) is 18.8. The van der Waals surface area contributed by atoms with Crippen molar-refractivity contribution in [1.29, 1.82) is 0 Å². The van der Waals surface area contributed by atoms with Crippen molar-refractivity contribution >= 4 is 11.9 Å². The van der Waals surface area contributed by atoms with E-state index in [0.717, 1.165) is 76.2 Å². The minimum Gasteiger partial charge on any atom is -0.357 e. The van der Waals surface area contributed by atoms with Gasteiger partial charge in [0.15, 0.2) is 5.96 Å². The van der Waals surface area contributed by atoms with E-state index in [4.69, 9.17) is 4.99 Å². The molecule has 2 aliphatic rings. The van der Waals surface area contributed by atoms with Crippen LogP contribution in [0.3, 0.4) is 0 Å². The number of carbonyl (C=O) groups is 1. The van der Waals surface area contributed by atoms with Gasteiger partial charge in [0.25, 0.3) is 0 Å². The van der Waals surface area contributed by atoms with Gasteiger partial charge in [0.2, 0.25) is 5.91 Å². The van der Waals surface area contributed by atoms with Crippen molar-refractivity contribution in [2.75, 3.05) is 32.7 Å².